The second kappa shape index (κ2) is 5.50. The van der Waals surface area contributed by atoms with Crippen molar-refractivity contribution in [3.05, 3.63) is 29.8 Å². The van der Waals surface area contributed by atoms with Gasteiger partial charge in [0.15, 0.2) is 5.11 Å². The third-order valence-electron chi connectivity index (χ3n) is 1.92. The third-order valence-corrected chi connectivity index (χ3v) is 3.03. The maximum absolute atomic E-state index is 5.05. The summed E-state index contributed by atoms with van der Waals surface area (Å²) in [6.45, 7) is 4.34. The lowest BCUT2D eigenvalue weighted by atomic mass is 10.0. The largest absolute Gasteiger partial charge is 0.332 e. The van der Waals surface area contributed by atoms with Crippen molar-refractivity contribution in [1.29, 1.82) is 0 Å². The molecule has 1 aromatic rings. The Morgan fingerprint density at radius 1 is 1.36 bits per heavy atom. The van der Waals surface area contributed by atoms with Gasteiger partial charge in [-0.3, -0.25) is 0 Å². The topological polar surface area (TPSA) is 24.1 Å². The molecule has 4 heteroatoms. The van der Waals surface area contributed by atoms with Crippen molar-refractivity contribution in [1.82, 2.24) is 3.53 Å². The fourth-order valence-corrected chi connectivity index (χ4v) is 1.51. The molecular formula is C10H13IN2S. The second-order valence-electron chi connectivity index (χ2n) is 3.29. The average Bonchev–Trinajstić information content (AvgIpc) is 2.18. The van der Waals surface area contributed by atoms with Crippen LogP contribution in [0.1, 0.15) is 25.3 Å². The van der Waals surface area contributed by atoms with E-state index >= 15 is 0 Å². The second-order valence-corrected chi connectivity index (χ2v) is 4.24. The van der Waals surface area contributed by atoms with E-state index in [0.29, 0.717) is 11.0 Å². The number of hydrogen-bond acceptors (Lipinski definition) is 1. The first-order valence-electron chi connectivity index (χ1n) is 4.41. The third kappa shape index (κ3) is 3.09. The number of para-hydroxylation sites is 1. The average molecular weight is 320 g/mol. The molecule has 2 nitrogen and oxygen atoms in total. The molecule has 0 radical (unpaired) electrons. The lowest BCUT2D eigenvalue weighted by molar-refractivity contribution is 0.869. The van der Waals surface area contributed by atoms with Gasteiger partial charge in [0.05, 0.1) is 22.9 Å². The SMILES string of the molecule is CC(C)c1ccccc1NC(=S)NI. The van der Waals surface area contributed by atoms with Crippen LogP contribution in [0.4, 0.5) is 5.69 Å². The fraction of sp³-hybridized carbons (Fsp3) is 0.300. The van der Waals surface area contributed by atoms with E-state index in [2.05, 4.69) is 28.8 Å². The number of halogens is 1. The summed E-state index contributed by atoms with van der Waals surface area (Å²) in [7, 11) is 0. The number of nitrogens with one attached hydrogen (secondary N) is 2. The summed E-state index contributed by atoms with van der Waals surface area (Å²) in [5, 5.41) is 3.79. The van der Waals surface area contributed by atoms with Crippen molar-refractivity contribution < 1.29 is 0 Å². The standard InChI is InChI=1S/C10H13IN2S/c1-7(2)8-5-3-4-6-9(8)12-10(14)13-11/h3-7H,1-2H3,(H2,12,13,14). The van der Waals surface area contributed by atoms with Crippen LogP contribution >= 0.6 is 35.1 Å². The molecule has 0 saturated carbocycles. The van der Waals surface area contributed by atoms with Gasteiger partial charge in [-0.15, -0.1) is 0 Å². The summed E-state index contributed by atoms with van der Waals surface area (Å²) in [6, 6.07) is 8.20. The Morgan fingerprint density at radius 3 is 2.57 bits per heavy atom. The van der Waals surface area contributed by atoms with Crippen LogP contribution in [0.5, 0.6) is 0 Å². The predicted octanol–water partition coefficient (Wildman–Crippen LogP) is 3.45. The molecule has 0 aliphatic heterocycles. The van der Waals surface area contributed by atoms with E-state index in [4.69, 9.17) is 12.2 Å². The molecular weight excluding hydrogens is 307 g/mol. The lowest BCUT2D eigenvalue weighted by Gasteiger charge is -2.14. The molecule has 76 valence electrons. The quantitative estimate of drug-likeness (QED) is 0.496. The Morgan fingerprint density at radius 2 is 2.00 bits per heavy atom. The molecule has 0 aromatic heterocycles. The molecule has 0 fully saturated rings. The zero-order chi connectivity index (χ0) is 10.6. The first kappa shape index (κ1) is 11.7. The van der Waals surface area contributed by atoms with Crippen molar-refractivity contribution in [2.45, 2.75) is 19.8 Å². The van der Waals surface area contributed by atoms with Crippen LogP contribution in [0.3, 0.4) is 0 Å². The van der Waals surface area contributed by atoms with E-state index in [1.165, 1.54) is 5.56 Å². The summed E-state index contributed by atoms with van der Waals surface area (Å²) in [5.41, 5.74) is 2.36. The molecule has 0 atom stereocenters. The van der Waals surface area contributed by atoms with E-state index in [9.17, 15) is 0 Å². The highest BCUT2D eigenvalue weighted by Crippen LogP contribution is 2.23. The van der Waals surface area contributed by atoms with Gasteiger partial charge < -0.3 is 8.85 Å². The van der Waals surface area contributed by atoms with Crippen molar-refractivity contribution in [2.75, 3.05) is 5.32 Å². The molecule has 0 bridgehead atoms. The van der Waals surface area contributed by atoms with Crippen LogP contribution in [-0.2, 0) is 0 Å². The first-order chi connectivity index (χ1) is 6.65. The molecule has 0 heterocycles. The summed E-state index contributed by atoms with van der Waals surface area (Å²) in [4.78, 5) is 0. The van der Waals surface area contributed by atoms with E-state index in [1.807, 2.05) is 41.1 Å². The van der Waals surface area contributed by atoms with E-state index in [1.54, 1.807) is 0 Å². The molecule has 0 aliphatic rings. The molecule has 2 N–H and O–H groups in total. The minimum Gasteiger partial charge on any atom is -0.332 e. The minimum atomic E-state index is 0.496. The van der Waals surface area contributed by atoms with Crippen molar-refractivity contribution in [3.63, 3.8) is 0 Å². The van der Waals surface area contributed by atoms with Crippen LogP contribution in [0, 0.1) is 0 Å². The molecule has 0 amide bonds. The molecule has 0 saturated heterocycles. The van der Waals surface area contributed by atoms with Gasteiger partial charge in [-0.2, -0.15) is 0 Å². The van der Waals surface area contributed by atoms with Gasteiger partial charge in [-0.1, -0.05) is 32.0 Å². The Balaban J connectivity index is 2.90. The summed E-state index contributed by atoms with van der Waals surface area (Å²) in [5.74, 6) is 0.496. The number of hydrogen-bond donors (Lipinski definition) is 2. The predicted molar refractivity (Wildman–Crippen MR) is 73.9 cm³/mol. The summed E-state index contributed by atoms with van der Waals surface area (Å²) in [6.07, 6.45) is 0. The van der Waals surface area contributed by atoms with Crippen molar-refractivity contribution in [2.24, 2.45) is 0 Å². The summed E-state index contributed by atoms with van der Waals surface area (Å²) >= 11 is 7.07. The van der Waals surface area contributed by atoms with E-state index < -0.39 is 0 Å². The molecule has 1 aromatic carbocycles. The Kier molecular flexibility index (Phi) is 4.60. The highest BCUT2D eigenvalue weighted by atomic mass is 127. The maximum atomic E-state index is 5.05. The Hall–Kier alpha value is -0.360. The van der Waals surface area contributed by atoms with Crippen LogP contribution < -0.4 is 8.85 Å². The number of thiocarbonyl (C=S) groups is 1. The Bertz CT molecular complexity index is 326. The fourth-order valence-electron chi connectivity index (χ4n) is 1.26. The van der Waals surface area contributed by atoms with Crippen LogP contribution in [0.25, 0.3) is 0 Å². The highest BCUT2D eigenvalue weighted by Gasteiger charge is 2.05. The van der Waals surface area contributed by atoms with Crippen molar-refractivity contribution in [3.8, 4) is 0 Å². The van der Waals surface area contributed by atoms with Gasteiger partial charge in [-0.05, 0) is 29.8 Å². The Labute approximate surface area is 104 Å². The van der Waals surface area contributed by atoms with Gasteiger partial charge in [0.25, 0.3) is 0 Å². The monoisotopic (exact) mass is 320 g/mol. The lowest BCUT2D eigenvalue weighted by Crippen LogP contribution is -2.20. The van der Waals surface area contributed by atoms with Gasteiger partial charge >= 0.3 is 0 Å². The number of anilines is 1. The van der Waals surface area contributed by atoms with Crippen molar-refractivity contribution >= 4 is 45.9 Å². The van der Waals surface area contributed by atoms with E-state index in [0.717, 1.165) is 5.69 Å². The molecule has 14 heavy (non-hydrogen) atoms. The van der Waals surface area contributed by atoms with Crippen LogP contribution in [0.15, 0.2) is 24.3 Å². The minimum absolute atomic E-state index is 0.496. The zero-order valence-corrected chi connectivity index (χ0v) is 11.1. The molecule has 0 aliphatic carbocycles. The van der Waals surface area contributed by atoms with Gasteiger partial charge in [-0.25, -0.2) is 0 Å². The zero-order valence-electron chi connectivity index (χ0n) is 8.17. The smallest absolute Gasteiger partial charge is 0.179 e. The van der Waals surface area contributed by atoms with E-state index in [-0.39, 0.29) is 0 Å². The maximum Gasteiger partial charge on any atom is 0.179 e. The molecule has 0 spiro atoms. The normalized spacial score (nSPS) is 10.0. The molecule has 1 rings (SSSR count). The highest BCUT2D eigenvalue weighted by molar-refractivity contribution is 14.1. The molecule has 0 unspecified atom stereocenters. The summed E-state index contributed by atoms with van der Waals surface area (Å²) < 4.78 is 2.87. The van der Waals surface area contributed by atoms with Gasteiger partial charge in [0.2, 0.25) is 0 Å². The number of benzene rings is 1. The van der Waals surface area contributed by atoms with Gasteiger partial charge in [0.1, 0.15) is 0 Å². The number of rotatable bonds is 2. The first-order valence-corrected chi connectivity index (χ1v) is 5.90. The van der Waals surface area contributed by atoms with Crippen LogP contribution in [0.2, 0.25) is 0 Å². The van der Waals surface area contributed by atoms with Gasteiger partial charge in [0, 0.05) is 5.69 Å². The van der Waals surface area contributed by atoms with Crippen LogP contribution in [-0.4, -0.2) is 5.11 Å².